The number of urea groups is 1. The number of nitrogens with zero attached hydrogens (tertiary/aromatic N) is 7. The molecule has 292 valence electrons. The van der Waals surface area contributed by atoms with Crippen LogP contribution >= 0.6 is 11.6 Å². The molecule has 1 saturated carbocycles. The largest absolute Gasteiger partial charge is 0.490 e. The summed E-state index contributed by atoms with van der Waals surface area (Å²) < 4.78 is 8.46. The molecule has 14 heteroatoms. The highest BCUT2D eigenvalue weighted by atomic mass is 35.5. The lowest BCUT2D eigenvalue weighted by Gasteiger charge is -2.36. The van der Waals surface area contributed by atoms with Gasteiger partial charge < -0.3 is 24.4 Å². The summed E-state index contributed by atoms with van der Waals surface area (Å²) in [5.41, 5.74) is 2.75. The number of aromatic nitrogens is 3. The average Bonchev–Trinajstić information content (AvgIpc) is 3.66. The molecule has 3 aliphatic heterocycles. The second kappa shape index (κ2) is 16.9. The summed E-state index contributed by atoms with van der Waals surface area (Å²) in [6.07, 6.45) is 11.3. The van der Waals surface area contributed by atoms with Gasteiger partial charge in [-0.05, 0) is 113 Å². The number of piperidine rings is 2. The Kier molecular flexibility index (Phi) is 11.4. The Bertz CT molecular complexity index is 2090. The van der Waals surface area contributed by atoms with E-state index >= 15 is 0 Å². The smallest absolute Gasteiger partial charge is 0.328 e. The van der Waals surface area contributed by atoms with E-state index in [0.717, 1.165) is 106 Å². The number of nitriles is 1. The number of anilines is 2. The van der Waals surface area contributed by atoms with Crippen molar-refractivity contribution in [1.82, 2.24) is 30.3 Å². The number of carbonyl (C=O) groups is 3. The second-order valence-electron chi connectivity index (χ2n) is 15.6. The molecule has 0 bridgehead atoms. The first-order valence-electron chi connectivity index (χ1n) is 20.0. The van der Waals surface area contributed by atoms with Gasteiger partial charge in [0.1, 0.15) is 11.8 Å². The van der Waals surface area contributed by atoms with Gasteiger partial charge in [0.05, 0.1) is 27.9 Å². The van der Waals surface area contributed by atoms with Gasteiger partial charge in [0.15, 0.2) is 11.5 Å². The van der Waals surface area contributed by atoms with Gasteiger partial charge in [0.25, 0.3) is 5.91 Å². The second-order valence-corrected chi connectivity index (χ2v) is 16.0. The van der Waals surface area contributed by atoms with Gasteiger partial charge in [-0.3, -0.25) is 19.8 Å². The molecule has 56 heavy (non-hydrogen) atoms. The van der Waals surface area contributed by atoms with Crippen molar-refractivity contribution in [3.8, 4) is 11.8 Å². The first-order valence-corrected chi connectivity index (χ1v) is 20.4. The van der Waals surface area contributed by atoms with Gasteiger partial charge in [-0.2, -0.15) is 5.26 Å². The molecule has 4 aliphatic rings. The van der Waals surface area contributed by atoms with E-state index in [1.54, 1.807) is 29.2 Å². The minimum Gasteiger partial charge on any atom is -0.490 e. The van der Waals surface area contributed by atoms with Crippen LogP contribution in [-0.4, -0.2) is 88.9 Å². The summed E-state index contributed by atoms with van der Waals surface area (Å²) in [6.45, 7) is 5.52. The molecular weight excluding hydrogens is 730 g/mol. The first-order chi connectivity index (χ1) is 27.3. The number of amides is 4. The van der Waals surface area contributed by atoms with E-state index in [1.165, 1.54) is 6.42 Å². The quantitative estimate of drug-likeness (QED) is 0.185. The molecular formula is C42H48ClN9O4. The van der Waals surface area contributed by atoms with Crippen molar-refractivity contribution in [2.45, 2.75) is 82.4 Å². The number of carbonyl (C=O) groups excluding carboxylic acids is 3. The number of nitrogens with one attached hydrogen (secondary N) is 2. The van der Waals surface area contributed by atoms with Crippen molar-refractivity contribution in [3.05, 3.63) is 77.1 Å². The predicted molar refractivity (Wildman–Crippen MR) is 214 cm³/mol. The lowest BCUT2D eigenvalue weighted by molar-refractivity contribution is -0.120. The number of ether oxygens (including phenoxy) is 1. The maximum Gasteiger partial charge on any atom is 0.328 e. The Morgan fingerprint density at radius 2 is 1.73 bits per heavy atom. The number of halogens is 1. The molecule has 0 radical (unpaired) electrons. The molecule has 0 spiro atoms. The number of benzene rings is 2. The SMILES string of the molecule is N#Cc1ccc(OC2CCC(NC(=O)c3ccc(N4CCC(CCN5CCC(n6ccc7c(N8CCC(=O)NC8=O)cccc76)CC5)CC4)nn3)CC2)cc1Cl. The summed E-state index contributed by atoms with van der Waals surface area (Å²) in [6, 6.07) is 19.2. The monoisotopic (exact) mass is 777 g/mol. The van der Waals surface area contributed by atoms with Crippen molar-refractivity contribution >= 4 is 51.9 Å². The predicted octanol–water partition coefficient (Wildman–Crippen LogP) is 6.47. The van der Waals surface area contributed by atoms with Gasteiger partial charge in [0, 0.05) is 68.9 Å². The van der Waals surface area contributed by atoms with Crippen molar-refractivity contribution in [1.29, 1.82) is 5.26 Å². The lowest BCUT2D eigenvalue weighted by atomic mass is 9.92. The van der Waals surface area contributed by atoms with Crippen LogP contribution in [0, 0.1) is 17.2 Å². The normalized spacial score (nSPS) is 21.5. The van der Waals surface area contributed by atoms with Gasteiger partial charge >= 0.3 is 6.03 Å². The molecule has 4 aromatic rings. The molecule has 2 aromatic carbocycles. The minimum absolute atomic E-state index is 0.0373. The number of hydrogen-bond donors (Lipinski definition) is 2. The van der Waals surface area contributed by atoms with Gasteiger partial charge in [0.2, 0.25) is 5.91 Å². The van der Waals surface area contributed by atoms with Crippen LogP contribution in [0.15, 0.2) is 60.8 Å². The number of fused-ring (bicyclic) bond motifs is 1. The maximum atomic E-state index is 13.0. The van der Waals surface area contributed by atoms with Crippen LogP contribution in [0.2, 0.25) is 5.02 Å². The van der Waals surface area contributed by atoms with Crippen molar-refractivity contribution in [2.24, 2.45) is 5.92 Å². The summed E-state index contributed by atoms with van der Waals surface area (Å²) in [5, 5.41) is 24.8. The Morgan fingerprint density at radius 1 is 0.929 bits per heavy atom. The first kappa shape index (κ1) is 37.7. The Labute approximate surface area is 331 Å². The maximum absolute atomic E-state index is 13.0. The highest BCUT2D eigenvalue weighted by molar-refractivity contribution is 6.31. The molecule has 0 unspecified atom stereocenters. The summed E-state index contributed by atoms with van der Waals surface area (Å²) >= 11 is 6.15. The zero-order valence-electron chi connectivity index (χ0n) is 31.5. The molecule has 2 aromatic heterocycles. The van der Waals surface area contributed by atoms with Crippen molar-refractivity contribution in [3.63, 3.8) is 0 Å². The van der Waals surface area contributed by atoms with E-state index in [9.17, 15) is 14.4 Å². The van der Waals surface area contributed by atoms with E-state index in [0.29, 0.717) is 47.0 Å². The fourth-order valence-corrected chi connectivity index (χ4v) is 9.02. The topological polar surface area (TPSA) is 149 Å². The van der Waals surface area contributed by atoms with Gasteiger partial charge in [-0.1, -0.05) is 17.7 Å². The van der Waals surface area contributed by atoms with Crippen LogP contribution < -0.4 is 25.2 Å². The van der Waals surface area contributed by atoms with Crippen LogP contribution in [0.5, 0.6) is 5.75 Å². The van der Waals surface area contributed by atoms with Crippen LogP contribution in [0.25, 0.3) is 10.9 Å². The Hall–Kier alpha value is -5.19. The van der Waals surface area contributed by atoms with E-state index in [-0.39, 0.29) is 30.0 Å². The van der Waals surface area contributed by atoms with E-state index in [4.69, 9.17) is 21.6 Å². The fraction of sp³-hybridized carbons (Fsp3) is 0.476. The molecule has 2 N–H and O–H groups in total. The summed E-state index contributed by atoms with van der Waals surface area (Å²) in [7, 11) is 0. The molecule has 1 aliphatic carbocycles. The number of imide groups is 1. The van der Waals surface area contributed by atoms with E-state index < -0.39 is 0 Å². The van der Waals surface area contributed by atoms with Crippen LogP contribution in [0.1, 0.15) is 86.3 Å². The highest BCUT2D eigenvalue weighted by Gasteiger charge is 2.29. The number of hydrogen-bond acceptors (Lipinski definition) is 9. The zero-order chi connectivity index (χ0) is 38.6. The van der Waals surface area contributed by atoms with E-state index in [1.807, 2.05) is 18.2 Å². The average molecular weight is 778 g/mol. The molecule has 3 saturated heterocycles. The molecule has 8 rings (SSSR count). The molecule has 13 nitrogen and oxygen atoms in total. The Morgan fingerprint density at radius 3 is 2.45 bits per heavy atom. The van der Waals surface area contributed by atoms with E-state index in [2.05, 4.69) is 59.6 Å². The zero-order valence-corrected chi connectivity index (χ0v) is 32.3. The Balaban J connectivity index is 0.742. The summed E-state index contributed by atoms with van der Waals surface area (Å²) in [4.78, 5) is 43.8. The molecule has 0 atom stereocenters. The number of rotatable bonds is 10. The summed E-state index contributed by atoms with van der Waals surface area (Å²) in [5.74, 6) is 1.73. The number of likely N-dealkylation sites (tertiary alicyclic amines) is 1. The third-order valence-corrected chi connectivity index (χ3v) is 12.4. The van der Waals surface area contributed by atoms with Crippen LogP contribution in [0.4, 0.5) is 16.3 Å². The standard InChI is InChI=1S/C42H48ClN9O4/c43-35-26-33(7-4-29(35)27-44)56-32-8-5-30(6-9-32)45-41(54)36-10-11-39(48-47-36)50-22-13-28(14-23-50)12-19-49-20-15-31(16-21-49)51-24-17-34-37(51)2-1-3-38(34)52-25-18-40(53)46-42(52)55/h1-4,7,10-11,17,24,26,28,30-32H,5-6,8-9,12-16,18-23,25H2,(H,45,54)(H,46,53,55). The highest BCUT2D eigenvalue weighted by Crippen LogP contribution is 2.34. The fourth-order valence-electron chi connectivity index (χ4n) is 8.81. The van der Waals surface area contributed by atoms with Crippen LogP contribution in [-0.2, 0) is 4.79 Å². The van der Waals surface area contributed by atoms with Gasteiger partial charge in [-0.15, -0.1) is 10.2 Å². The molecule has 4 fully saturated rings. The van der Waals surface area contributed by atoms with Crippen molar-refractivity contribution in [2.75, 3.05) is 49.1 Å². The molecule has 4 amide bonds. The lowest BCUT2D eigenvalue weighted by Crippen LogP contribution is -2.49. The third kappa shape index (κ3) is 8.46. The third-order valence-electron chi connectivity index (χ3n) is 12.1. The minimum atomic E-state index is -0.350. The van der Waals surface area contributed by atoms with Gasteiger partial charge in [-0.25, -0.2) is 4.79 Å². The molecule has 5 heterocycles. The van der Waals surface area contributed by atoms with Crippen molar-refractivity contribution < 1.29 is 19.1 Å². The van der Waals surface area contributed by atoms with Crippen LogP contribution in [0.3, 0.4) is 0 Å².